The van der Waals surface area contributed by atoms with Crippen molar-refractivity contribution in [1.82, 2.24) is 9.78 Å². The van der Waals surface area contributed by atoms with Gasteiger partial charge in [-0.25, -0.2) is 9.48 Å². The molecule has 0 saturated carbocycles. The number of aryl methyl sites for hydroxylation is 1. The van der Waals surface area contributed by atoms with Gasteiger partial charge in [0.2, 0.25) is 5.78 Å². The van der Waals surface area contributed by atoms with Crippen LogP contribution in [0.3, 0.4) is 0 Å². The topological polar surface area (TPSA) is 61.2 Å². The predicted molar refractivity (Wildman–Crippen MR) is 99.4 cm³/mol. The second-order valence-electron chi connectivity index (χ2n) is 5.48. The Balaban J connectivity index is 1.78. The van der Waals surface area contributed by atoms with Gasteiger partial charge in [-0.05, 0) is 31.2 Å². The summed E-state index contributed by atoms with van der Waals surface area (Å²) in [6.07, 6.45) is 0. The van der Waals surface area contributed by atoms with Crippen molar-refractivity contribution in [3.8, 4) is 5.69 Å². The average molecular weight is 389 g/mol. The molecule has 0 spiro atoms. The normalized spacial score (nSPS) is 10.6. The van der Waals surface area contributed by atoms with Crippen LogP contribution in [0.5, 0.6) is 0 Å². The number of carbonyl (C=O) groups is 2. The van der Waals surface area contributed by atoms with Crippen molar-refractivity contribution in [2.75, 3.05) is 6.61 Å². The number of halogens is 2. The Hall–Kier alpha value is -2.63. The molecule has 0 aliphatic carbocycles. The first-order chi connectivity index (χ1) is 12.5. The summed E-state index contributed by atoms with van der Waals surface area (Å²) >= 11 is 12.3. The van der Waals surface area contributed by atoms with Gasteiger partial charge in [-0.2, -0.15) is 5.10 Å². The SMILES string of the molecule is Cc1nn(-c2ccccc2)c(Cl)c1C(=O)OCC(=O)c1ccccc1Cl. The van der Waals surface area contributed by atoms with E-state index in [0.717, 1.165) is 0 Å². The second kappa shape index (κ2) is 7.72. The minimum Gasteiger partial charge on any atom is -0.454 e. The molecule has 0 aliphatic heterocycles. The smallest absolute Gasteiger partial charge is 0.343 e. The highest BCUT2D eigenvalue weighted by atomic mass is 35.5. The van der Waals surface area contributed by atoms with Crippen molar-refractivity contribution in [2.24, 2.45) is 0 Å². The molecule has 0 N–H and O–H groups in total. The fourth-order valence-corrected chi connectivity index (χ4v) is 3.03. The monoisotopic (exact) mass is 388 g/mol. The number of benzene rings is 2. The van der Waals surface area contributed by atoms with Gasteiger partial charge in [-0.15, -0.1) is 0 Å². The van der Waals surface area contributed by atoms with E-state index in [-0.39, 0.29) is 10.7 Å². The van der Waals surface area contributed by atoms with E-state index in [1.54, 1.807) is 31.2 Å². The highest BCUT2D eigenvalue weighted by Gasteiger charge is 2.23. The van der Waals surface area contributed by atoms with Crippen LogP contribution in [-0.4, -0.2) is 28.1 Å². The molecule has 0 saturated heterocycles. The van der Waals surface area contributed by atoms with Gasteiger partial charge >= 0.3 is 5.97 Å². The van der Waals surface area contributed by atoms with Crippen LogP contribution in [0.1, 0.15) is 26.4 Å². The zero-order chi connectivity index (χ0) is 18.7. The molecule has 2 aromatic carbocycles. The number of hydrogen-bond acceptors (Lipinski definition) is 4. The van der Waals surface area contributed by atoms with E-state index in [9.17, 15) is 9.59 Å². The van der Waals surface area contributed by atoms with Gasteiger partial charge in [0.05, 0.1) is 16.4 Å². The predicted octanol–water partition coefficient (Wildman–Crippen LogP) is 4.53. The van der Waals surface area contributed by atoms with Crippen LogP contribution < -0.4 is 0 Å². The number of ketones is 1. The van der Waals surface area contributed by atoms with Gasteiger partial charge in [0.15, 0.2) is 6.61 Å². The van der Waals surface area contributed by atoms with E-state index in [2.05, 4.69) is 5.10 Å². The quantitative estimate of drug-likeness (QED) is 0.475. The molecular formula is C19H14Cl2N2O3. The molecule has 132 valence electrons. The van der Waals surface area contributed by atoms with Crippen LogP contribution in [0.2, 0.25) is 10.2 Å². The number of hydrogen-bond donors (Lipinski definition) is 0. The average Bonchev–Trinajstić information content (AvgIpc) is 2.95. The summed E-state index contributed by atoms with van der Waals surface area (Å²) in [5.41, 5.74) is 1.55. The van der Waals surface area contributed by atoms with E-state index in [1.807, 2.05) is 30.3 Å². The molecule has 3 rings (SSSR count). The van der Waals surface area contributed by atoms with Gasteiger partial charge in [0, 0.05) is 5.56 Å². The largest absolute Gasteiger partial charge is 0.454 e. The summed E-state index contributed by atoms with van der Waals surface area (Å²) < 4.78 is 6.57. The van der Waals surface area contributed by atoms with Gasteiger partial charge in [-0.3, -0.25) is 4.79 Å². The number of ether oxygens (including phenoxy) is 1. The molecule has 0 unspecified atom stereocenters. The highest BCUT2D eigenvalue weighted by Crippen LogP contribution is 2.24. The van der Waals surface area contributed by atoms with Crippen molar-refractivity contribution in [2.45, 2.75) is 6.92 Å². The first-order valence-electron chi connectivity index (χ1n) is 7.74. The van der Waals surface area contributed by atoms with Gasteiger partial charge < -0.3 is 4.74 Å². The first kappa shape index (κ1) is 18.2. The highest BCUT2D eigenvalue weighted by molar-refractivity contribution is 6.34. The van der Waals surface area contributed by atoms with Crippen LogP contribution in [-0.2, 0) is 4.74 Å². The van der Waals surface area contributed by atoms with E-state index < -0.39 is 18.4 Å². The molecular weight excluding hydrogens is 375 g/mol. The Bertz CT molecular complexity index is 968. The number of carbonyl (C=O) groups excluding carboxylic acids is 2. The third-order valence-electron chi connectivity index (χ3n) is 3.72. The Morgan fingerprint density at radius 2 is 1.69 bits per heavy atom. The minimum absolute atomic E-state index is 0.127. The molecule has 0 amide bonds. The molecule has 1 aromatic heterocycles. The molecule has 1 heterocycles. The third-order valence-corrected chi connectivity index (χ3v) is 4.40. The summed E-state index contributed by atoms with van der Waals surface area (Å²) in [7, 11) is 0. The molecule has 0 aliphatic rings. The number of rotatable bonds is 5. The lowest BCUT2D eigenvalue weighted by Gasteiger charge is -2.06. The zero-order valence-electron chi connectivity index (χ0n) is 13.8. The molecule has 0 fully saturated rings. The number of esters is 1. The molecule has 7 heteroatoms. The van der Waals surface area contributed by atoms with E-state index in [1.165, 1.54) is 4.68 Å². The van der Waals surface area contributed by atoms with Crippen LogP contribution in [0.15, 0.2) is 54.6 Å². The standard InChI is InChI=1S/C19H14Cl2N2O3/c1-12-17(18(21)23(22-12)13-7-3-2-4-8-13)19(25)26-11-16(24)14-9-5-6-10-15(14)20/h2-10H,11H2,1H3. The lowest BCUT2D eigenvalue weighted by molar-refractivity contribution is 0.0474. The molecule has 0 bridgehead atoms. The van der Waals surface area contributed by atoms with Crippen LogP contribution in [0, 0.1) is 6.92 Å². The summed E-state index contributed by atoms with van der Waals surface area (Å²) in [6.45, 7) is 1.21. The summed E-state index contributed by atoms with van der Waals surface area (Å²) in [5, 5.41) is 4.71. The third kappa shape index (κ3) is 3.64. The lowest BCUT2D eigenvalue weighted by Crippen LogP contribution is -2.15. The lowest BCUT2D eigenvalue weighted by atomic mass is 10.1. The van der Waals surface area contributed by atoms with E-state index >= 15 is 0 Å². The Labute approximate surface area is 160 Å². The van der Waals surface area contributed by atoms with Crippen LogP contribution in [0.4, 0.5) is 0 Å². The van der Waals surface area contributed by atoms with Gasteiger partial charge in [-0.1, -0.05) is 53.5 Å². The Morgan fingerprint density at radius 3 is 2.38 bits per heavy atom. The molecule has 0 atom stereocenters. The fraction of sp³-hybridized carbons (Fsp3) is 0.105. The van der Waals surface area contributed by atoms with Gasteiger partial charge in [0.25, 0.3) is 0 Å². The van der Waals surface area contributed by atoms with Crippen molar-refractivity contribution >= 4 is 35.0 Å². The van der Waals surface area contributed by atoms with Crippen LogP contribution >= 0.6 is 23.2 Å². The van der Waals surface area contributed by atoms with E-state index in [0.29, 0.717) is 22.0 Å². The number of para-hydroxylation sites is 1. The van der Waals surface area contributed by atoms with Crippen molar-refractivity contribution in [3.05, 3.63) is 81.6 Å². The van der Waals surface area contributed by atoms with Crippen molar-refractivity contribution in [1.29, 1.82) is 0 Å². The number of aromatic nitrogens is 2. The number of nitrogens with zero attached hydrogens (tertiary/aromatic N) is 2. The maximum Gasteiger partial charge on any atom is 0.343 e. The summed E-state index contributed by atoms with van der Waals surface area (Å²) in [4.78, 5) is 24.6. The Morgan fingerprint density at radius 1 is 1.04 bits per heavy atom. The van der Waals surface area contributed by atoms with Crippen molar-refractivity contribution < 1.29 is 14.3 Å². The fourth-order valence-electron chi connectivity index (χ4n) is 2.44. The number of Topliss-reactive ketones (excluding diaryl/α,β-unsaturated/α-hetero) is 1. The van der Waals surface area contributed by atoms with Crippen molar-refractivity contribution in [3.63, 3.8) is 0 Å². The second-order valence-corrected chi connectivity index (χ2v) is 6.24. The summed E-state index contributed by atoms with van der Waals surface area (Å²) in [5.74, 6) is -1.11. The molecule has 5 nitrogen and oxygen atoms in total. The maximum atomic E-state index is 12.4. The Kier molecular flexibility index (Phi) is 5.40. The summed E-state index contributed by atoms with van der Waals surface area (Å²) in [6, 6.07) is 15.7. The molecule has 3 aromatic rings. The van der Waals surface area contributed by atoms with E-state index in [4.69, 9.17) is 27.9 Å². The molecule has 26 heavy (non-hydrogen) atoms. The van der Waals surface area contributed by atoms with Crippen LogP contribution in [0.25, 0.3) is 5.69 Å². The zero-order valence-corrected chi connectivity index (χ0v) is 15.3. The minimum atomic E-state index is -0.713. The molecule has 0 radical (unpaired) electrons. The first-order valence-corrected chi connectivity index (χ1v) is 8.50. The van der Waals surface area contributed by atoms with Gasteiger partial charge in [0.1, 0.15) is 10.7 Å². The maximum absolute atomic E-state index is 12.4.